The number of carbonyl (C=O) groups is 2. The van der Waals surface area contributed by atoms with Crippen LogP contribution in [0.25, 0.3) is 0 Å². The molecule has 1 unspecified atom stereocenters. The van der Waals surface area contributed by atoms with Crippen molar-refractivity contribution in [3.63, 3.8) is 0 Å². The molecule has 3 N–H and O–H groups in total. The molecule has 98 valence electrons. The molecule has 0 aromatic heterocycles. The van der Waals surface area contributed by atoms with Crippen LogP contribution in [-0.4, -0.2) is 41.7 Å². The highest BCUT2D eigenvalue weighted by Crippen LogP contribution is 2.24. The van der Waals surface area contributed by atoms with Crippen LogP contribution in [0.15, 0.2) is 0 Å². The highest BCUT2D eigenvalue weighted by Gasteiger charge is 2.21. The van der Waals surface area contributed by atoms with Crippen molar-refractivity contribution in [3.8, 4) is 0 Å². The maximum Gasteiger partial charge on any atom is 0.326 e. The second-order valence-electron chi connectivity index (χ2n) is 4.32. The van der Waals surface area contributed by atoms with Crippen molar-refractivity contribution in [1.29, 1.82) is 0 Å². The van der Waals surface area contributed by atoms with Gasteiger partial charge < -0.3 is 15.7 Å². The van der Waals surface area contributed by atoms with Crippen molar-refractivity contribution < 1.29 is 14.7 Å². The predicted molar refractivity (Wildman–Crippen MR) is 68.3 cm³/mol. The summed E-state index contributed by atoms with van der Waals surface area (Å²) < 4.78 is 0. The van der Waals surface area contributed by atoms with E-state index >= 15 is 0 Å². The molecule has 0 aliphatic heterocycles. The van der Waals surface area contributed by atoms with Gasteiger partial charge in [-0.1, -0.05) is 6.42 Å². The molecule has 1 atom stereocenters. The molecule has 0 aromatic rings. The monoisotopic (exact) mass is 260 g/mol. The lowest BCUT2D eigenvalue weighted by molar-refractivity contribution is -0.139. The third-order valence-electron chi connectivity index (χ3n) is 2.99. The largest absolute Gasteiger partial charge is 0.480 e. The summed E-state index contributed by atoms with van der Waals surface area (Å²) in [5.41, 5.74) is 0. The summed E-state index contributed by atoms with van der Waals surface area (Å²) in [6.45, 7) is 0.653. The average molecular weight is 260 g/mol. The van der Waals surface area contributed by atoms with Crippen molar-refractivity contribution >= 4 is 23.8 Å². The Balaban J connectivity index is 2.22. The minimum Gasteiger partial charge on any atom is -0.480 e. The molecular weight excluding hydrogens is 240 g/mol. The smallest absolute Gasteiger partial charge is 0.326 e. The van der Waals surface area contributed by atoms with Crippen LogP contribution in [0.1, 0.15) is 25.7 Å². The Kier molecular flexibility index (Phi) is 6.18. The van der Waals surface area contributed by atoms with Gasteiger partial charge in [-0.05, 0) is 37.2 Å². The molecule has 5 nitrogen and oxygen atoms in total. The Bertz CT molecular complexity index is 269. The summed E-state index contributed by atoms with van der Waals surface area (Å²) in [6.07, 6.45) is 5.92. The van der Waals surface area contributed by atoms with E-state index in [1.54, 1.807) is 11.8 Å². The van der Waals surface area contributed by atoms with Crippen LogP contribution in [0, 0.1) is 5.92 Å². The number of nitrogens with one attached hydrogen (secondary N) is 2. The van der Waals surface area contributed by atoms with E-state index in [2.05, 4.69) is 10.6 Å². The molecule has 0 bridgehead atoms. The molecule has 0 aromatic carbocycles. The molecule has 1 aliphatic carbocycles. The van der Waals surface area contributed by atoms with Gasteiger partial charge in [0.1, 0.15) is 6.04 Å². The first-order chi connectivity index (χ1) is 8.13. The first-order valence-electron chi connectivity index (χ1n) is 5.89. The van der Waals surface area contributed by atoms with Crippen molar-refractivity contribution in [2.24, 2.45) is 5.92 Å². The van der Waals surface area contributed by atoms with E-state index in [1.807, 2.05) is 6.26 Å². The Morgan fingerprint density at radius 1 is 1.47 bits per heavy atom. The van der Waals surface area contributed by atoms with Gasteiger partial charge in [-0.2, -0.15) is 11.8 Å². The lowest BCUT2D eigenvalue weighted by Gasteiger charge is -2.25. The molecule has 1 rings (SSSR count). The van der Waals surface area contributed by atoms with Crippen LogP contribution in [0.2, 0.25) is 0 Å². The van der Waals surface area contributed by atoms with Gasteiger partial charge >= 0.3 is 12.0 Å². The molecule has 6 heteroatoms. The maximum absolute atomic E-state index is 11.5. The predicted octanol–water partition coefficient (Wildman–Crippen LogP) is 1.29. The van der Waals surface area contributed by atoms with E-state index in [-0.39, 0.29) is 6.03 Å². The fraction of sp³-hybridized carbons (Fsp3) is 0.818. The Morgan fingerprint density at radius 2 is 2.18 bits per heavy atom. The standard InChI is InChI=1S/C11H20N2O3S/c1-17-6-5-9(10(14)15)13-11(16)12-7-8-3-2-4-8/h8-9H,2-7H2,1H3,(H,14,15)(H2,12,13,16). The van der Waals surface area contributed by atoms with Gasteiger partial charge in [0.15, 0.2) is 0 Å². The Labute approximate surface area is 106 Å². The number of rotatable bonds is 7. The van der Waals surface area contributed by atoms with Crippen LogP contribution in [0.3, 0.4) is 0 Å². The second kappa shape index (κ2) is 7.42. The van der Waals surface area contributed by atoms with E-state index < -0.39 is 12.0 Å². The normalized spacial score (nSPS) is 17.0. The number of urea groups is 1. The zero-order valence-electron chi connectivity index (χ0n) is 10.1. The Hall–Kier alpha value is -0.910. The van der Waals surface area contributed by atoms with Crippen LogP contribution in [0.4, 0.5) is 4.79 Å². The number of carbonyl (C=O) groups excluding carboxylic acids is 1. The molecule has 0 spiro atoms. The second-order valence-corrected chi connectivity index (χ2v) is 5.31. The van der Waals surface area contributed by atoms with E-state index in [4.69, 9.17) is 5.11 Å². The third kappa shape index (κ3) is 5.30. The number of carboxylic acid groups (broad SMARTS) is 1. The average Bonchev–Trinajstić information content (AvgIpc) is 2.21. The van der Waals surface area contributed by atoms with Crippen LogP contribution in [-0.2, 0) is 4.79 Å². The topological polar surface area (TPSA) is 78.4 Å². The van der Waals surface area contributed by atoms with Gasteiger partial charge in [-0.15, -0.1) is 0 Å². The minimum atomic E-state index is -0.974. The van der Waals surface area contributed by atoms with Crippen LogP contribution < -0.4 is 10.6 Å². The minimum absolute atomic E-state index is 0.370. The Morgan fingerprint density at radius 3 is 2.65 bits per heavy atom. The molecule has 0 radical (unpaired) electrons. The van der Waals surface area contributed by atoms with Crippen molar-refractivity contribution in [2.45, 2.75) is 31.7 Å². The summed E-state index contributed by atoms with van der Waals surface area (Å²) in [5.74, 6) is 0.327. The first-order valence-corrected chi connectivity index (χ1v) is 7.29. The van der Waals surface area contributed by atoms with Gasteiger partial charge in [-0.25, -0.2) is 9.59 Å². The van der Waals surface area contributed by atoms with Gasteiger partial charge in [0.25, 0.3) is 0 Å². The number of hydrogen-bond donors (Lipinski definition) is 3. The quantitative estimate of drug-likeness (QED) is 0.644. The van der Waals surface area contributed by atoms with Crippen LogP contribution in [0.5, 0.6) is 0 Å². The van der Waals surface area contributed by atoms with Gasteiger partial charge in [0.05, 0.1) is 0 Å². The molecule has 0 saturated heterocycles. The number of aliphatic carboxylic acids is 1. The maximum atomic E-state index is 11.5. The fourth-order valence-electron chi connectivity index (χ4n) is 1.64. The molecule has 1 saturated carbocycles. The van der Waals surface area contributed by atoms with E-state index in [1.165, 1.54) is 6.42 Å². The van der Waals surface area contributed by atoms with Gasteiger partial charge in [0, 0.05) is 6.54 Å². The third-order valence-corrected chi connectivity index (χ3v) is 3.63. The summed E-state index contributed by atoms with van der Waals surface area (Å²) in [7, 11) is 0. The highest BCUT2D eigenvalue weighted by atomic mass is 32.2. The van der Waals surface area contributed by atoms with Crippen LogP contribution >= 0.6 is 11.8 Å². The van der Waals surface area contributed by atoms with Crippen molar-refractivity contribution in [2.75, 3.05) is 18.6 Å². The molecule has 0 heterocycles. The van der Waals surface area contributed by atoms with Crippen molar-refractivity contribution in [3.05, 3.63) is 0 Å². The SMILES string of the molecule is CSCCC(NC(=O)NCC1CCC1)C(=O)O. The zero-order valence-corrected chi connectivity index (χ0v) is 10.9. The number of carboxylic acids is 1. The molecule has 1 fully saturated rings. The van der Waals surface area contributed by atoms with Gasteiger partial charge in [0.2, 0.25) is 0 Å². The summed E-state index contributed by atoms with van der Waals surface area (Å²) >= 11 is 1.57. The van der Waals surface area contributed by atoms with E-state index in [9.17, 15) is 9.59 Å². The molecule has 17 heavy (non-hydrogen) atoms. The first kappa shape index (κ1) is 14.2. The van der Waals surface area contributed by atoms with Crippen molar-refractivity contribution in [1.82, 2.24) is 10.6 Å². The summed E-state index contributed by atoms with van der Waals surface area (Å²) in [6, 6.07) is -1.16. The van der Waals surface area contributed by atoms with Gasteiger partial charge in [-0.3, -0.25) is 0 Å². The molecule has 1 aliphatic rings. The fourth-order valence-corrected chi connectivity index (χ4v) is 2.11. The summed E-state index contributed by atoms with van der Waals surface area (Å²) in [5, 5.41) is 14.1. The highest BCUT2D eigenvalue weighted by molar-refractivity contribution is 7.98. The number of thioether (sulfide) groups is 1. The number of hydrogen-bond acceptors (Lipinski definition) is 3. The lowest BCUT2D eigenvalue weighted by Crippen LogP contribution is -2.47. The lowest BCUT2D eigenvalue weighted by atomic mass is 9.85. The van der Waals surface area contributed by atoms with E-state index in [0.717, 1.165) is 18.6 Å². The zero-order chi connectivity index (χ0) is 12.7. The van der Waals surface area contributed by atoms with E-state index in [0.29, 0.717) is 18.9 Å². The summed E-state index contributed by atoms with van der Waals surface area (Å²) in [4.78, 5) is 22.4. The number of amides is 2. The molecule has 2 amide bonds. The molecular formula is C11H20N2O3S.